The van der Waals surface area contributed by atoms with E-state index < -0.39 is 5.60 Å². The second kappa shape index (κ2) is 5.03. The Morgan fingerprint density at radius 2 is 2.21 bits per heavy atom. The van der Waals surface area contributed by atoms with Crippen LogP contribution in [0.1, 0.15) is 50.0 Å². The van der Waals surface area contributed by atoms with E-state index >= 15 is 0 Å². The molecule has 0 bridgehead atoms. The average molecular weight is 265 g/mol. The molecule has 1 heterocycles. The lowest BCUT2D eigenvalue weighted by Crippen LogP contribution is -2.46. The van der Waals surface area contributed by atoms with Crippen LogP contribution in [0, 0.1) is 0 Å². The molecule has 0 spiro atoms. The van der Waals surface area contributed by atoms with Crippen molar-refractivity contribution in [1.29, 1.82) is 0 Å². The largest absolute Gasteiger partial charge is 0.444 e. The number of rotatable bonds is 3. The molecule has 0 saturated heterocycles. The molecule has 0 aromatic carbocycles. The van der Waals surface area contributed by atoms with Gasteiger partial charge in [0.2, 0.25) is 0 Å². The number of hydrogen-bond donors (Lipinski definition) is 1. The van der Waals surface area contributed by atoms with Crippen molar-refractivity contribution in [2.45, 2.75) is 51.3 Å². The highest BCUT2D eigenvalue weighted by Crippen LogP contribution is 2.31. The van der Waals surface area contributed by atoms with E-state index in [9.17, 15) is 9.59 Å². The van der Waals surface area contributed by atoms with Crippen LogP contribution in [0.3, 0.4) is 0 Å². The summed E-state index contributed by atoms with van der Waals surface area (Å²) >= 11 is 0. The van der Waals surface area contributed by atoms with Crippen molar-refractivity contribution in [3.8, 4) is 0 Å². The fourth-order valence-corrected chi connectivity index (χ4v) is 2.01. The number of aldehydes is 1. The number of aromatic nitrogens is 2. The fraction of sp³-hybridized carbons (Fsp3) is 0.615. The zero-order valence-electron chi connectivity index (χ0n) is 11.4. The number of hydrogen-bond acceptors (Lipinski definition) is 4. The minimum atomic E-state index is -0.478. The molecule has 1 aromatic rings. The van der Waals surface area contributed by atoms with Crippen LogP contribution in [0.25, 0.3) is 0 Å². The van der Waals surface area contributed by atoms with Crippen molar-refractivity contribution in [3.63, 3.8) is 0 Å². The van der Waals surface area contributed by atoms with Gasteiger partial charge < -0.3 is 10.1 Å². The summed E-state index contributed by atoms with van der Waals surface area (Å²) in [4.78, 5) is 22.1. The Morgan fingerprint density at radius 3 is 2.74 bits per heavy atom. The molecule has 0 radical (unpaired) electrons. The van der Waals surface area contributed by atoms with Crippen molar-refractivity contribution in [2.75, 3.05) is 0 Å². The first-order chi connectivity index (χ1) is 8.87. The molecule has 2 rings (SSSR count). The Labute approximate surface area is 112 Å². The molecule has 0 atom stereocenters. The highest BCUT2D eigenvalue weighted by Gasteiger charge is 2.33. The van der Waals surface area contributed by atoms with Crippen LogP contribution in [-0.2, 0) is 4.74 Å². The molecule has 0 aliphatic heterocycles. The quantitative estimate of drug-likeness (QED) is 0.847. The minimum Gasteiger partial charge on any atom is -0.444 e. The van der Waals surface area contributed by atoms with Crippen LogP contribution >= 0.6 is 0 Å². The van der Waals surface area contributed by atoms with E-state index in [1.807, 2.05) is 20.8 Å². The first-order valence-corrected chi connectivity index (χ1v) is 6.36. The van der Waals surface area contributed by atoms with Gasteiger partial charge in [-0.15, -0.1) is 0 Å². The molecule has 19 heavy (non-hydrogen) atoms. The van der Waals surface area contributed by atoms with Gasteiger partial charge in [-0.05, 0) is 33.6 Å². The Kier molecular flexibility index (Phi) is 3.59. The summed E-state index contributed by atoms with van der Waals surface area (Å²) < 4.78 is 6.96. The number of carbonyl (C=O) groups is 2. The summed E-state index contributed by atoms with van der Waals surface area (Å²) in [6, 6.07) is 0.359. The van der Waals surface area contributed by atoms with E-state index in [1.54, 1.807) is 17.1 Å². The first kappa shape index (κ1) is 13.6. The van der Waals surface area contributed by atoms with Crippen molar-refractivity contribution in [3.05, 3.63) is 18.0 Å². The van der Waals surface area contributed by atoms with Crippen LogP contribution in [0.4, 0.5) is 4.79 Å². The first-order valence-electron chi connectivity index (χ1n) is 6.36. The Balaban J connectivity index is 1.77. The van der Waals surface area contributed by atoms with Crippen molar-refractivity contribution in [2.24, 2.45) is 0 Å². The number of carbonyl (C=O) groups excluding carboxylic acids is 2. The van der Waals surface area contributed by atoms with Crippen LogP contribution in [0.15, 0.2) is 12.4 Å². The molecule has 0 unspecified atom stereocenters. The second-order valence-electron chi connectivity index (χ2n) is 5.84. The maximum absolute atomic E-state index is 11.6. The summed E-state index contributed by atoms with van der Waals surface area (Å²) in [7, 11) is 0. The monoisotopic (exact) mass is 265 g/mol. The third-order valence-corrected chi connectivity index (χ3v) is 2.97. The van der Waals surface area contributed by atoms with Gasteiger partial charge in [0.25, 0.3) is 0 Å². The maximum atomic E-state index is 11.6. The predicted octanol–water partition coefficient (Wildman–Crippen LogP) is 1.92. The molecular weight excluding hydrogens is 246 g/mol. The molecule has 1 fully saturated rings. The molecule has 104 valence electrons. The van der Waals surface area contributed by atoms with Gasteiger partial charge in [0.1, 0.15) is 5.60 Å². The number of ether oxygens (including phenoxy) is 1. The third-order valence-electron chi connectivity index (χ3n) is 2.97. The second-order valence-corrected chi connectivity index (χ2v) is 5.84. The van der Waals surface area contributed by atoms with Gasteiger partial charge in [0.05, 0.1) is 17.8 Å². The van der Waals surface area contributed by atoms with Crippen molar-refractivity contribution < 1.29 is 14.3 Å². The Hall–Kier alpha value is -1.85. The highest BCUT2D eigenvalue weighted by molar-refractivity contribution is 5.73. The van der Waals surface area contributed by atoms with E-state index in [1.165, 1.54) is 0 Å². The third kappa shape index (κ3) is 3.56. The molecule has 6 nitrogen and oxygen atoms in total. The Morgan fingerprint density at radius 1 is 1.53 bits per heavy atom. The van der Waals surface area contributed by atoms with Crippen LogP contribution in [0.2, 0.25) is 0 Å². The van der Waals surface area contributed by atoms with Crippen LogP contribution < -0.4 is 5.32 Å². The SMILES string of the molecule is CC(C)(C)OC(=O)N[C@H]1C[C@@H](n2cc(C=O)cn2)C1. The topological polar surface area (TPSA) is 73.2 Å². The molecule has 1 aromatic heterocycles. The van der Waals surface area contributed by atoms with Crippen molar-refractivity contribution in [1.82, 2.24) is 15.1 Å². The molecule has 6 heteroatoms. The average Bonchev–Trinajstić information content (AvgIpc) is 2.68. The van der Waals surface area contributed by atoms with Gasteiger partial charge >= 0.3 is 6.09 Å². The zero-order chi connectivity index (χ0) is 14.0. The lowest BCUT2D eigenvalue weighted by Gasteiger charge is -2.36. The number of nitrogens with zero attached hydrogens (tertiary/aromatic N) is 2. The summed E-state index contributed by atoms with van der Waals surface area (Å²) in [5.41, 5.74) is 0.0946. The van der Waals surface area contributed by atoms with E-state index in [4.69, 9.17) is 4.74 Å². The zero-order valence-corrected chi connectivity index (χ0v) is 11.4. The molecule has 1 aliphatic rings. The van der Waals surface area contributed by atoms with E-state index in [0.29, 0.717) is 5.56 Å². The summed E-state index contributed by atoms with van der Waals surface area (Å²) in [5.74, 6) is 0. The fourth-order valence-electron chi connectivity index (χ4n) is 2.01. The minimum absolute atomic E-state index is 0.115. The van der Waals surface area contributed by atoms with Gasteiger partial charge in [-0.25, -0.2) is 4.79 Å². The van der Waals surface area contributed by atoms with Gasteiger partial charge in [0, 0.05) is 12.2 Å². The summed E-state index contributed by atoms with van der Waals surface area (Å²) in [6.07, 6.45) is 5.27. The van der Waals surface area contributed by atoms with E-state index in [-0.39, 0.29) is 18.2 Å². The highest BCUT2D eigenvalue weighted by atomic mass is 16.6. The summed E-state index contributed by atoms with van der Waals surface area (Å²) in [5, 5.41) is 6.95. The number of alkyl carbamates (subject to hydrolysis) is 1. The smallest absolute Gasteiger partial charge is 0.407 e. The van der Waals surface area contributed by atoms with Gasteiger partial charge in [-0.2, -0.15) is 5.10 Å². The lowest BCUT2D eigenvalue weighted by molar-refractivity contribution is 0.0452. The standard InChI is InChI=1S/C13H19N3O3/c1-13(2,3)19-12(18)15-10-4-11(5-10)16-7-9(8-17)6-14-16/h6-8,10-11H,4-5H2,1-3H3,(H,15,18)/t10-,11+. The van der Waals surface area contributed by atoms with Crippen LogP contribution in [-0.4, -0.2) is 33.8 Å². The summed E-state index contributed by atoms with van der Waals surface area (Å²) in [6.45, 7) is 5.50. The normalized spacial score (nSPS) is 22.5. The molecule has 1 N–H and O–H groups in total. The van der Waals surface area contributed by atoms with E-state index in [0.717, 1.165) is 19.1 Å². The molecule has 1 aliphatic carbocycles. The van der Waals surface area contributed by atoms with Crippen LogP contribution in [0.5, 0.6) is 0 Å². The van der Waals surface area contributed by atoms with Gasteiger partial charge in [-0.3, -0.25) is 9.48 Å². The van der Waals surface area contributed by atoms with Crippen molar-refractivity contribution >= 4 is 12.4 Å². The number of nitrogens with one attached hydrogen (secondary N) is 1. The molecule has 1 amide bonds. The molecule has 1 saturated carbocycles. The van der Waals surface area contributed by atoms with Gasteiger partial charge in [-0.1, -0.05) is 0 Å². The lowest BCUT2D eigenvalue weighted by atomic mass is 9.87. The van der Waals surface area contributed by atoms with E-state index in [2.05, 4.69) is 10.4 Å². The van der Waals surface area contributed by atoms with Gasteiger partial charge in [0.15, 0.2) is 6.29 Å². The maximum Gasteiger partial charge on any atom is 0.407 e. The predicted molar refractivity (Wildman–Crippen MR) is 69.0 cm³/mol. The Bertz CT molecular complexity index is 470. The number of amides is 1. The molecular formula is C13H19N3O3.